The molecular formula is C12H21NO2. The Kier molecular flexibility index (Phi) is 4.82. The lowest BCUT2D eigenvalue weighted by Crippen LogP contribution is -2.43. The Labute approximate surface area is 91.8 Å². The molecule has 1 heterocycles. The molecule has 1 rings (SSSR count). The number of piperidine rings is 1. The zero-order valence-electron chi connectivity index (χ0n) is 9.48. The van der Waals surface area contributed by atoms with Crippen molar-refractivity contribution < 1.29 is 9.90 Å². The average molecular weight is 211 g/mol. The van der Waals surface area contributed by atoms with Crippen molar-refractivity contribution in [3.05, 3.63) is 12.7 Å². The molecule has 0 radical (unpaired) electrons. The van der Waals surface area contributed by atoms with Crippen molar-refractivity contribution >= 4 is 5.97 Å². The van der Waals surface area contributed by atoms with E-state index in [1.165, 1.54) is 0 Å². The normalized spacial score (nSPS) is 27.5. The van der Waals surface area contributed by atoms with Crippen molar-refractivity contribution in [2.24, 2.45) is 5.92 Å². The Bertz CT molecular complexity index is 228. The summed E-state index contributed by atoms with van der Waals surface area (Å²) in [7, 11) is 0. The molecule has 0 saturated carbocycles. The van der Waals surface area contributed by atoms with Gasteiger partial charge in [-0.2, -0.15) is 0 Å². The first kappa shape index (κ1) is 12.2. The van der Waals surface area contributed by atoms with Crippen molar-refractivity contribution in [1.82, 2.24) is 4.90 Å². The zero-order chi connectivity index (χ0) is 11.3. The van der Waals surface area contributed by atoms with Gasteiger partial charge in [0.15, 0.2) is 0 Å². The second kappa shape index (κ2) is 5.91. The van der Waals surface area contributed by atoms with E-state index >= 15 is 0 Å². The number of unbranched alkanes of at least 4 members (excludes halogenated alkanes) is 1. The highest BCUT2D eigenvalue weighted by atomic mass is 16.4. The van der Waals surface area contributed by atoms with Crippen LogP contribution in [-0.2, 0) is 4.79 Å². The summed E-state index contributed by atoms with van der Waals surface area (Å²) < 4.78 is 0. The van der Waals surface area contributed by atoms with E-state index in [1.54, 1.807) is 0 Å². The Hall–Kier alpha value is -0.830. The van der Waals surface area contributed by atoms with Gasteiger partial charge < -0.3 is 10.0 Å². The number of carboxylic acid groups (broad SMARTS) is 1. The highest BCUT2D eigenvalue weighted by molar-refractivity contribution is 5.70. The van der Waals surface area contributed by atoms with Crippen molar-refractivity contribution in [2.75, 3.05) is 13.1 Å². The molecule has 0 bridgehead atoms. The van der Waals surface area contributed by atoms with Crippen LogP contribution in [0.2, 0.25) is 0 Å². The number of rotatable bonds is 5. The fourth-order valence-electron chi connectivity index (χ4n) is 2.22. The molecule has 0 aromatic heterocycles. The standard InChI is InChI=1S/C12H21NO2/c1-3-4-5-7-13-8-6-11(12(14)15)9-10(13)2/h3,10-11H,1,4-9H2,2H3,(H,14,15). The van der Waals surface area contributed by atoms with Crippen molar-refractivity contribution in [1.29, 1.82) is 0 Å². The van der Waals surface area contributed by atoms with E-state index in [-0.39, 0.29) is 5.92 Å². The van der Waals surface area contributed by atoms with Crippen LogP contribution in [-0.4, -0.2) is 35.1 Å². The van der Waals surface area contributed by atoms with E-state index in [1.807, 2.05) is 6.08 Å². The van der Waals surface area contributed by atoms with Crippen LogP contribution >= 0.6 is 0 Å². The lowest BCUT2D eigenvalue weighted by atomic mass is 9.91. The highest BCUT2D eigenvalue weighted by Crippen LogP contribution is 2.23. The van der Waals surface area contributed by atoms with Crippen LogP contribution in [0.3, 0.4) is 0 Å². The SMILES string of the molecule is C=CCCCN1CCC(C(=O)O)CC1C. The third-order valence-corrected chi connectivity index (χ3v) is 3.22. The van der Waals surface area contributed by atoms with E-state index < -0.39 is 5.97 Å². The lowest BCUT2D eigenvalue weighted by Gasteiger charge is -2.36. The second-order valence-corrected chi connectivity index (χ2v) is 4.38. The van der Waals surface area contributed by atoms with Crippen LogP contribution < -0.4 is 0 Å². The van der Waals surface area contributed by atoms with Gasteiger partial charge in [-0.15, -0.1) is 6.58 Å². The largest absolute Gasteiger partial charge is 0.481 e. The third-order valence-electron chi connectivity index (χ3n) is 3.22. The summed E-state index contributed by atoms with van der Waals surface area (Å²) in [5.41, 5.74) is 0. The summed E-state index contributed by atoms with van der Waals surface area (Å²) in [6, 6.07) is 0.407. The number of hydrogen-bond acceptors (Lipinski definition) is 2. The maximum atomic E-state index is 10.8. The number of carboxylic acids is 1. The van der Waals surface area contributed by atoms with Crippen LogP contribution in [0.4, 0.5) is 0 Å². The number of likely N-dealkylation sites (tertiary alicyclic amines) is 1. The zero-order valence-corrected chi connectivity index (χ0v) is 9.48. The summed E-state index contributed by atoms with van der Waals surface area (Å²) in [5, 5.41) is 8.92. The molecule has 0 spiro atoms. The predicted octanol–water partition coefficient (Wildman–Crippen LogP) is 2.14. The molecule has 86 valence electrons. The smallest absolute Gasteiger partial charge is 0.306 e. The Balaban J connectivity index is 2.32. The summed E-state index contributed by atoms with van der Waals surface area (Å²) >= 11 is 0. The van der Waals surface area contributed by atoms with E-state index in [0.29, 0.717) is 6.04 Å². The molecular weight excluding hydrogens is 190 g/mol. The van der Waals surface area contributed by atoms with Crippen LogP contribution in [0.1, 0.15) is 32.6 Å². The van der Waals surface area contributed by atoms with Crippen LogP contribution in [0.5, 0.6) is 0 Å². The summed E-state index contributed by atoms with van der Waals surface area (Å²) in [4.78, 5) is 13.2. The summed E-state index contributed by atoms with van der Waals surface area (Å²) in [6.07, 6.45) is 5.71. The molecule has 2 atom stereocenters. The van der Waals surface area contributed by atoms with Crippen LogP contribution in [0.15, 0.2) is 12.7 Å². The fraction of sp³-hybridized carbons (Fsp3) is 0.750. The van der Waals surface area contributed by atoms with Crippen molar-refractivity contribution in [3.8, 4) is 0 Å². The molecule has 1 aliphatic rings. The van der Waals surface area contributed by atoms with Gasteiger partial charge in [-0.05, 0) is 45.7 Å². The summed E-state index contributed by atoms with van der Waals surface area (Å²) in [5.74, 6) is -0.761. The van der Waals surface area contributed by atoms with Gasteiger partial charge in [0, 0.05) is 6.04 Å². The minimum absolute atomic E-state index is 0.129. The van der Waals surface area contributed by atoms with Gasteiger partial charge in [-0.25, -0.2) is 0 Å². The van der Waals surface area contributed by atoms with Gasteiger partial charge in [-0.1, -0.05) is 6.08 Å². The summed E-state index contributed by atoms with van der Waals surface area (Å²) in [6.45, 7) is 7.82. The first-order valence-electron chi connectivity index (χ1n) is 5.73. The molecule has 1 fully saturated rings. The minimum atomic E-state index is -0.632. The molecule has 15 heavy (non-hydrogen) atoms. The third kappa shape index (κ3) is 3.67. The minimum Gasteiger partial charge on any atom is -0.481 e. The van der Waals surface area contributed by atoms with Gasteiger partial charge in [0.1, 0.15) is 0 Å². The Morgan fingerprint density at radius 3 is 2.93 bits per heavy atom. The van der Waals surface area contributed by atoms with Crippen LogP contribution in [0, 0.1) is 5.92 Å². The van der Waals surface area contributed by atoms with E-state index in [9.17, 15) is 4.79 Å². The highest BCUT2D eigenvalue weighted by Gasteiger charge is 2.28. The Morgan fingerprint density at radius 1 is 1.67 bits per heavy atom. The Morgan fingerprint density at radius 2 is 2.40 bits per heavy atom. The van der Waals surface area contributed by atoms with Gasteiger partial charge in [-0.3, -0.25) is 4.79 Å². The van der Waals surface area contributed by atoms with Crippen molar-refractivity contribution in [2.45, 2.75) is 38.6 Å². The molecule has 3 heteroatoms. The van der Waals surface area contributed by atoms with E-state index in [4.69, 9.17) is 5.11 Å². The molecule has 0 amide bonds. The second-order valence-electron chi connectivity index (χ2n) is 4.38. The fourth-order valence-corrected chi connectivity index (χ4v) is 2.22. The molecule has 1 saturated heterocycles. The van der Waals surface area contributed by atoms with E-state index in [2.05, 4.69) is 18.4 Å². The van der Waals surface area contributed by atoms with Crippen LogP contribution in [0.25, 0.3) is 0 Å². The van der Waals surface area contributed by atoms with Gasteiger partial charge in [0.05, 0.1) is 5.92 Å². The number of aliphatic carboxylic acids is 1. The quantitative estimate of drug-likeness (QED) is 0.559. The monoisotopic (exact) mass is 211 g/mol. The van der Waals surface area contributed by atoms with Crippen molar-refractivity contribution in [3.63, 3.8) is 0 Å². The molecule has 0 aromatic carbocycles. The van der Waals surface area contributed by atoms with E-state index in [0.717, 1.165) is 38.8 Å². The average Bonchev–Trinajstić information content (AvgIpc) is 2.20. The maximum absolute atomic E-state index is 10.8. The molecule has 1 aliphatic heterocycles. The molecule has 2 unspecified atom stereocenters. The van der Waals surface area contributed by atoms with Gasteiger partial charge >= 0.3 is 5.97 Å². The topological polar surface area (TPSA) is 40.5 Å². The number of hydrogen-bond donors (Lipinski definition) is 1. The first-order valence-corrected chi connectivity index (χ1v) is 5.73. The molecule has 3 nitrogen and oxygen atoms in total. The number of allylic oxidation sites excluding steroid dienone is 1. The first-order chi connectivity index (χ1) is 7.15. The lowest BCUT2D eigenvalue weighted by molar-refractivity contribution is -0.144. The maximum Gasteiger partial charge on any atom is 0.306 e. The van der Waals surface area contributed by atoms with Gasteiger partial charge in [0.2, 0.25) is 0 Å². The number of nitrogens with zero attached hydrogens (tertiary/aromatic N) is 1. The predicted molar refractivity (Wildman–Crippen MR) is 60.8 cm³/mol. The molecule has 0 aliphatic carbocycles. The van der Waals surface area contributed by atoms with Gasteiger partial charge in [0.25, 0.3) is 0 Å². The number of carbonyl (C=O) groups is 1. The molecule has 0 aromatic rings. The molecule has 1 N–H and O–H groups in total.